The number of hydrogen-bond donors (Lipinski definition) is 2. The van der Waals surface area contributed by atoms with E-state index in [0.717, 1.165) is 16.7 Å². The van der Waals surface area contributed by atoms with Gasteiger partial charge in [-0.25, -0.2) is 0 Å². The Morgan fingerprint density at radius 1 is 1.05 bits per heavy atom. The van der Waals surface area contributed by atoms with Crippen LogP contribution >= 0.6 is 24.0 Å². The van der Waals surface area contributed by atoms with E-state index in [1.165, 1.54) is 0 Å². The molecule has 3 nitrogen and oxygen atoms in total. The van der Waals surface area contributed by atoms with Crippen molar-refractivity contribution in [2.45, 2.75) is 13.2 Å². The lowest BCUT2D eigenvalue weighted by Gasteiger charge is -2.09. The molecule has 0 aromatic heterocycles. The van der Waals surface area contributed by atoms with E-state index in [4.69, 9.17) is 27.5 Å². The van der Waals surface area contributed by atoms with Crippen molar-refractivity contribution in [3.05, 3.63) is 70.2 Å². The molecule has 0 radical (unpaired) electrons. The Bertz CT molecular complexity index is 570. The predicted molar refractivity (Wildman–Crippen MR) is 84.7 cm³/mol. The van der Waals surface area contributed by atoms with Gasteiger partial charge in [0.05, 0.1) is 13.2 Å². The summed E-state index contributed by atoms with van der Waals surface area (Å²) in [7, 11) is 0. The lowest BCUT2D eigenvalue weighted by Crippen LogP contribution is -2.14. The van der Waals surface area contributed by atoms with E-state index < -0.39 is 0 Å². The average Bonchev–Trinajstić information content (AvgIpc) is 2.41. The van der Waals surface area contributed by atoms with Gasteiger partial charge in [-0.2, -0.15) is 0 Å². The molecule has 0 saturated carbocycles. The number of amidine groups is 1. The molecule has 0 spiro atoms. The first kappa shape index (κ1) is 16.5. The summed E-state index contributed by atoms with van der Waals surface area (Å²) in [6, 6.07) is 15.0. The first-order valence-electron chi connectivity index (χ1n) is 5.91. The van der Waals surface area contributed by atoms with Crippen LogP contribution in [0.5, 0.6) is 0 Å². The number of nitrogen functional groups attached to an aromatic ring is 1. The maximum atomic E-state index is 7.51. The molecule has 20 heavy (non-hydrogen) atoms. The Balaban J connectivity index is 0.00000200. The van der Waals surface area contributed by atoms with E-state index in [-0.39, 0.29) is 18.2 Å². The average molecular weight is 311 g/mol. The third-order valence-electron chi connectivity index (χ3n) is 2.75. The van der Waals surface area contributed by atoms with Crippen molar-refractivity contribution in [1.29, 1.82) is 5.41 Å². The van der Waals surface area contributed by atoms with Crippen molar-refractivity contribution in [2.24, 2.45) is 5.73 Å². The van der Waals surface area contributed by atoms with Gasteiger partial charge in [0.25, 0.3) is 0 Å². The van der Waals surface area contributed by atoms with E-state index in [9.17, 15) is 0 Å². The van der Waals surface area contributed by atoms with Gasteiger partial charge in [-0.05, 0) is 23.3 Å². The number of benzene rings is 2. The van der Waals surface area contributed by atoms with Crippen molar-refractivity contribution in [3.63, 3.8) is 0 Å². The minimum Gasteiger partial charge on any atom is -0.384 e. The van der Waals surface area contributed by atoms with Gasteiger partial charge in [-0.3, -0.25) is 5.41 Å². The van der Waals surface area contributed by atoms with Crippen LogP contribution < -0.4 is 5.73 Å². The topological polar surface area (TPSA) is 59.1 Å². The molecule has 0 bridgehead atoms. The molecule has 0 amide bonds. The van der Waals surface area contributed by atoms with Crippen LogP contribution in [0.4, 0.5) is 0 Å². The second kappa shape index (κ2) is 7.90. The molecular weight excluding hydrogens is 295 g/mol. The normalized spacial score (nSPS) is 9.85. The Kier molecular flexibility index (Phi) is 6.52. The minimum absolute atomic E-state index is 0. The molecule has 2 aromatic carbocycles. The SMILES string of the molecule is Cl.N=C(N)c1ccccc1COCc1ccc(Cl)cc1. The van der Waals surface area contributed by atoms with E-state index in [0.29, 0.717) is 18.2 Å². The molecule has 0 heterocycles. The lowest BCUT2D eigenvalue weighted by molar-refractivity contribution is 0.107. The number of hydrogen-bond acceptors (Lipinski definition) is 2. The first-order chi connectivity index (χ1) is 9.16. The van der Waals surface area contributed by atoms with Crippen molar-refractivity contribution >= 4 is 29.8 Å². The molecular formula is C15H16Cl2N2O. The van der Waals surface area contributed by atoms with Crippen molar-refractivity contribution in [2.75, 3.05) is 0 Å². The highest BCUT2D eigenvalue weighted by Crippen LogP contribution is 2.13. The molecule has 5 heteroatoms. The van der Waals surface area contributed by atoms with Gasteiger partial charge in [0.15, 0.2) is 0 Å². The zero-order valence-corrected chi connectivity index (χ0v) is 12.4. The van der Waals surface area contributed by atoms with E-state index in [2.05, 4.69) is 0 Å². The first-order valence-corrected chi connectivity index (χ1v) is 6.29. The van der Waals surface area contributed by atoms with Gasteiger partial charge in [0, 0.05) is 10.6 Å². The van der Waals surface area contributed by atoms with Crippen LogP contribution in [0.1, 0.15) is 16.7 Å². The fraction of sp³-hybridized carbons (Fsp3) is 0.133. The highest BCUT2D eigenvalue weighted by Gasteiger charge is 2.04. The Morgan fingerprint density at radius 2 is 1.70 bits per heavy atom. The summed E-state index contributed by atoms with van der Waals surface area (Å²) >= 11 is 5.82. The minimum atomic E-state index is 0. The van der Waals surface area contributed by atoms with E-state index >= 15 is 0 Å². The van der Waals surface area contributed by atoms with Crippen molar-refractivity contribution < 1.29 is 4.74 Å². The van der Waals surface area contributed by atoms with Crippen LogP contribution in [0.2, 0.25) is 5.02 Å². The highest BCUT2D eigenvalue weighted by molar-refractivity contribution is 6.30. The second-order valence-electron chi connectivity index (χ2n) is 4.19. The Labute approximate surface area is 129 Å². The van der Waals surface area contributed by atoms with Crippen LogP contribution in [0.25, 0.3) is 0 Å². The summed E-state index contributed by atoms with van der Waals surface area (Å²) in [4.78, 5) is 0. The lowest BCUT2D eigenvalue weighted by atomic mass is 10.1. The number of halogens is 2. The zero-order valence-electron chi connectivity index (χ0n) is 10.8. The summed E-state index contributed by atoms with van der Waals surface area (Å²) in [5.41, 5.74) is 8.23. The van der Waals surface area contributed by atoms with Crippen LogP contribution in [-0.2, 0) is 18.0 Å². The highest BCUT2D eigenvalue weighted by atomic mass is 35.5. The molecule has 0 aliphatic carbocycles. The number of ether oxygens (including phenoxy) is 1. The molecule has 0 unspecified atom stereocenters. The molecule has 0 fully saturated rings. The summed E-state index contributed by atoms with van der Waals surface area (Å²) in [6.07, 6.45) is 0. The molecule has 3 N–H and O–H groups in total. The fourth-order valence-corrected chi connectivity index (χ4v) is 1.89. The third-order valence-corrected chi connectivity index (χ3v) is 3.00. The third kappa shape index (κ3) is 4.53. The predicted octanol–water partition coefficient (Wildman–Crippen LogP) is 3.76. The smallest absolute Gasteiger partial charge is 0.123 e. The van der Waals surface area contributed by atoms with Gasteiger partial charge < -0.3 is 10.5 Å². The fourth-order valence-electron chi connectivity index (χ4n) is 1.77. The van der Waals surface area contributed by atoms with Gasteiger partial charge in [-0.1, -0.05) is 48.0 Å². The Hall–Kier alpha value is -1.55. The summed E-state index contributed by atoms with van der Waals surface area (Å²) in [5.74, 6) is 0.0608. The van der Waals surface area contributed by atoms with E-state index in [1.54, 1.807) is 0 Å². The molecule has 2 aromatic rings. The molecule has 0 aliphatic rings. The molecule has 0 aliphatic heterocycles. The van der Waals surface area contributed by atoms with Crippen LogP contribution in [-0.4, -0.2) is 5.84 Å². The largest absolute Gasteiger partial charge is 0.384 e. The quantitative estimate of drug-likeness (QED) is 0.652. The van der Waals surface area contributed by atoms with Crippen LogP contribution in [0.15, 0.2) is 48.5 Å². The summed E-state index contributed by atoms with van der Waals surface area (Å²) in [6.45, 7) is 0.932. The van der Waals surface area contributed by atoms with Crippen LogP contribution in [0.3, 0.4) is 0 Å². The maximum absolute atomic E-state index is 7.51. The molecule has 2 rings (SSSR count). The van der Waals surface area contributed by atoms with Crippen LogP contribution in [0, 0.1) is 5.41 Å². The van der Waals surface area contributed by atoms with Gasteiger partial charge in [0.1, 0.15) is 5.84 Å². The van der Waals surface area contributed by atoms with E-state index in [1.807, 2.05) is 48.5 Å². The molecule has 0 saturated heterocycles. The second-order valence-corrected chi connectivity index (χ2v) is 4.63. The van der Waals surface area contributed by atoms with Crippen molar-refractivity contribution in [1.82, 2.24) is 0 Å². The summed E-state index contributed by atoms with van der Waals surface area (Å²) in [5, 5.41) is 8.22. The summed E-state index contributed by atoms with van der Waals surface area (Å²) < 4.78 is 5.64. The van der Waals surface area contributed by atoms with Gasteiger partial charge >= 0.3 is 0 Å². The monoisotopic (exact) mass is 310 g/mol. The molecule has 0 atom stereocenters. The number of rotatable bonds is 5. The number of nitrogens with one attached hydrogen (secondary N) is 1. The standard InChI is InChI=1S/C15H15ClN2O.ClH/c16-13-7-5-11(6-8-13)9-19-10-12-3-1-2-4-14(12)15(17)18;/h1-8H,9-10H2,(H3,17,18);1H. The van der Waals surface area contributed by atoms with Crippen molar-refractivity contribution in [3.8, 4) is 0 Å². The van der Waals surface area contributed by atoms with Gasteiger partial charge in [0.2, 0.25) is 0 Å². The Morgan fingerprint density at radius 3 is 2.35 bits per heavy atom. The maximum Gasteiger partial charge on any atom is 0.123 e. The van der Waals surface area contributed by atoms with Gasteiger partial charge in [-0.15, -0.1) is 12.4 Å². The molecule has 106 valence electrons. The zero-order chi connectivity index (χ0) is 13.7. The number of nitrogens with two attached hydrogens (primary N) is 1.